The van der Waals surface area contributed by atoms with Crippen molar-refractivity contribution in [2.24, 2.45) is 5.73 Å². The van der Waals surface area contributed by atoms with Crippen LogP contribution >= 0.6 is 11.6 Å². The lowest BCUT2D eigenvalue weighted by molar-refractivity contribution is 0.156. The summed E-state index contributed by atoms with van der Waals surface area (Å²) in [4.78, 5) is 1.95. The van der Waals surface area contributed by atoms with E-state index in [-0.39, 0.29) is 13.2 Å². The van der Waals surface area contributed by atoms with Crippen molar-refractivity contribution >= 4 is 11.6 Å². The minimum absolute atomic E-state index is 0.0680. The molecule has 0 fully saturated rings. The van der Waals surface area contributed by atoms with Gasteiger partial charge in [-0.25, -0.2) is 0 Å². The molecule has 4 nitrogen and oxygen atoms in total. The molecule has 1 aromatic carbocycles. The van der Waals surface area contributed by atoms with E-state index in [0.29, 0.717) is 31.2 Å². The Morgan fingerprint density at radius 2 is 1.82 bits per heavy atom. The molecule has 4 N–H and O–H groups in total. The van der Waals surface area contributed by atoms with Crippen molar-refractivity contribution in [1.29, 1.82) is 0 Å². The molecule has 0 saturated carbocycles. The number of nitrogens with two attached hydrogens (primary N) is 1. The van der Waals surface area contributed by atoms with Gasteiger partial charge in [-0.15, -0.1) is 0 Å². The Bertz CT molecular complexity index is 341. The largest absolute Gasteiger partial charge is 0.395 e. The first-order chi connectivity index (χ1) is 8.21. The van der Waals surface area contributed by atoms with Crippen LogP contribution in [0.4, 0.5) is 0 Å². The molecule has 0 aromatic heterocycles. The average molecular weight is 259 g/mol. The molecule has 0 aliphatic rings. The third kappa shape index (κ3) is 4.61. The van der Waals surface area contributed by atoms with Crippen LogP contribution in [-0.2, 0) is 13.1 Å². The van der Waals surface area contributed by atoms with Gasteiger partial charge in [0, 0.05) is 31.2 Å². The van der Waals surface area contributed by atoms with Crippen LogP contribution in [0.2, 0.25) is 5.02 Å². The summed E-state index contributed by atoms with van der Waals surface area (Å²) in [6, 6.07) is 5.73. The van der Waals surface area contributed by atoms with Crippen molar-refractivity contribution < 1.29 is 10.2 Å². The second kappa shape index (κ2) is 7.63. The van der Waals surface area contributed by atoms with Crippen molar-refractivity contribution in [1.82, 2.24) is 4.90 Å². The SMILES string of the molecule is NCc1ccc(CN(CCO)CCO)c(Cl)c1. The average Bonchev–Trinajstić information content (AvgIpc) is 2.32. The minimum atomic E-state index is 0.0680. The summed E-state index contributed by atoms with van der Waals surface area (Å²) in [7, 11) is 0. The Balaban J connectivity index is 2.71. The maximum absolute atomic E-state index is 8.92. The van der Waals surface area contributed by atoms with Crippen molar-refractivity contribution in [3.63, 3.8) is 0 Å². The summed E-state index contributed by atoms with van der Waals surface area (Å²) < 4.78 is 0. The topological polar surface area (TPSA) is 69.7 Å². The molecule has 0 bridgehead atoms. The number of halogens is 1. The number of aliphatic hydroxyl groups excluding tert-OH is 2. The highest BCUT2D eigenvalue weighted by Gasteiger charge is 2.08. The van der Waals surface area contributed by atoms with E-state index in [1.807, 2.05) is 23.1 Å². The molecule has 0 spiro atoms. The van der Waals surface area contributed by atoms with Gasteiger partial charge in [0.25, 0.3) is 0 Å². The summed E-state index contributed by atoms with van der Waals surface area (Å²) in [6.45, 7) is 2.27. The molecule has 17 heavy (non-hydrogen) atoms. The number of hydrogen-bond donors (Lipinski definition) is 3. The number of aliphatic hydroxyl groups is 2. The zero-order valence-corrected chi connectivity index (χ0v) is 10.5. The first-order valence-electron chi connectivity index (χ1n) is 5.62. The minimum Gasteiger partial charge on any atom is -0.395 e. The van der Waals surface area contributed by atoms with E-state index >= 15 is 0 Å². The monoisotopic (exact) mass is 258 g/mol. The first kappa shape index (κ1) is 14.4. The highest BCUT2D eigenvalue weighted by Crippen LogP contribution is 2.19. The van der Waals surface area contributed by atoms with Crippen molar-refractivity contribution in [3.05, 3.63) is 34.3 Å². The molecule has 0 aliphatic heterocycles. The number of rotatable bonds is 7. The summed E-state index contributed by atoms with van der Waals surface area (Å²) in [5, 5.41) is 18.5. The second-order valence-corrected chi connectivity index (χ2v) is 4.26. The molecule has 0 saturated heterocycles. The van der Waals surface area contributed by atoms with Gasteiger partial charge in [-0.05, 0) is 17.2 Å². The van der Waals surface area contributed by atoms with Crippen molar-refractivity contribution in [2.75, 3.05) is 26.3 Å². The fourth-order valence-electron chi connectivity index (χ4n) is 1.64. The van der Waals surface area contributed by atoms with Crippen LogP contribution in [-0.4, -0.2) is 41.4 Å². The van der Waals surface area contributed by atoms with Gasteiger partial charge in [-0.1, -0.05) is 23.7 Å². The second-order valence-electron chi connectivity index (χ2n) is 3.85. The van der Waals surface area contributed by atoms with E-state index in [2.05, 4.69) is 0 Å². The van der Waals surface area contributed by atoms with E-state index in [1.165, 1.54) is 0 Å². The van der Waals surface area contributed by atoms with Crippen LogP contribution in [0, 0.1) is 0 Å². The molecule has 0 heterocycles. The summed E-state index contributed by atoms with van der Waals surface area (Å²) in [5.74, 6) is 0. The quantitative estimate of drug-likeness (QED) is 0.669. The Morgan fingerprint density at radius 1 is 1.18 bits per heavy atom. The van der Waals surface area contributed by atoms with E-state index in [1.54, 1.807) is 0 Å². The fraction of sp³-hybridized carbons (Fsp3) is 0.500. The smallest absolute Gasteiger partial charge is 0.0558 e. The van der Waals surface area contributed by atoms with Gasteiger partial charge in [0.15, 0.2) is 0 Å². The van der Waals surface area contributed by atoms with E-state index < -0.39 is 0 Å². The first-order valence-corrected chi connectivity index (χ1v) is 6.00. The predicted octanol–water partition coefficient (Wildman–Crippen LogP) is 0.585. The molecule has 0 amide bonds. The Kier molecular flexibility index (Phi) is 6.47. The number of benzene rings is 1. The van der Waals surface area contributed by atoms with Crippen LogP contribution in [0.25, 0.3) is 0 Å². The zero-order chi connectivity index (χ0) is 12.7. The van der Waals surface area contributed by atoms with E-state index in [4.69, 9.17) is 27.5 Å². The maximum atomic E-state index is 8.92. The highest BCUT2D eigenvalue weighted by atomic mass is 35.5. The molecule has 1 aromatic rings. The normalized spacial score (nSPS) is 11.1. The summed E-state index contributed by atoms with van der Waals surface area (Å²) in [5.41, 5.74) is 7.50. The molecule has 0 unspecified atom stereocenters. The van der Waals surface area contributed by atoms with Crippen molar-refractivity contribution in [3.8, 4) is 0 Å². The number of nitrogens with zero attached hydrogens (tertiary/aromatic N) is 1. The van der Waals surface area contributed by atoms with Crippen molar-refractivity contribution in [2.45, 2.75) is 13.1 Å². The Morgan fingerprint density at radius 3 is 2.29 bits per heavy atom. The molecule has 1 rings (SSSR count). The van der Waals surface area contributed by atoms with Gasteiger partial charge >= 0.3 is 0 Å². The lowest BCUT2D eigenvalue weighted by Crippen LogP contribution is -2.29. The molecular formula is C12H19ClN2O2. The predicted molar refractivity (Wildman–Crippen MR) is 68.8 cm³/mol. The summed E-state index contributed by atoms with van der Waals surface area (Å²) >= 11 is 6.15. The van der Waals surface area contributed by atoms with Gasteiger partial charge < -0.3 is 15.9 Å². The molecule has 96 valence electrons. The summed E-state index contributed by atoms with van der Waals surface area (Å²) in [6.07, 6.45) is 0. The van der Waals surface area contributed by atoms with Gasteiger partial charge in [-0.2, -0.15) is 0 Å². The highest BCUT2D eigenvalue weighted by molar-refractivity contribution is 6.31. The third-order valence-electron chi connectivity index (χ3n) is 2.58. The van der Waals surface area contributed by atoms with Crippen LogP contribution in [0.5, 0.6) is 0 Å². The van der Waals surface area contributed by atoms with Gasteiger partial charge in [0.1, 0.15) is 0 Å². The zero-order valence-electron chi connectivity index (χ0n) is 9.77. The van der Waals surface area contributed by atoms with Crippen LogP contribution in [0.3, 0.4) is 0 Å². The molecular weight excluding hydrogens is 240 g/mol. The third-order valence-corrected chi connectivity index (χ3v) is 2.93. The van der Waals surface area contributed by atoms with Crippen LogP contribution in [0.15, 0.2) is 18.2 Å². The Labute approximate surface area is 107 Å². The number of hydrogen-bond acceptors (Lipinski definition) is 4. The lowest BCUT2D eigenvalue weighted by Gasteiger charge is -2.20. The maximum Gasteiger partial charge on any atom is 0.0558 e. The lowest BCUT2D eigenvalue weighted by atomic mass is 10.1. The molecule has 0 aliphatic carbocycles. The fourth-order valence-corrected chi connectivity index (χ4v) is 1.90. The molecule has 5 heteroatoms. The van der Waals surface area contributed by atoms with E-state index in [0.717, 1.165) is 11.1 Å². The van der Waals surface area contributed by atoms with Gasteiger partial charge in [0.05, 0.1) is 13.2 Å². The molecule has 0 atom stereocenters. The standard InChI is InChI=1S/C12H19ClN2O2/c13-12-7-10(8-14)1-2-11(12)9-15(3-5-16)4-6-17/h1-2,7,16-17H,3-6,8-9,14H2. The van der Waals surface area contributed by atoms with Crippen LogP contribution < -0.4 is 5.73 Å². The van der Waals surface area contributed by atoms with E-state index in [9.17, 15) is 0 Å². The van der Waals surface area contributed by atoms with Crippen LogP contribution in [0.1, 0.15) is 11.1 Å². The Hall–Kier alpha value is -0.650. The molecule has 0 radical (unpaired) electrons. The van der Waals surface area contributed by atoms with Gasteiger partial charge in [0.2, 0.25) is 0 Å². The van der Waals surface area contributed by atoms with Gasteiger partial charge in [-0.3, -0.25) is 4.90 Å².